The third-order valence-corrected chi connectivity index (χ3v) is 2.54. The standard InChI is InChI=1S/C11H15FN2O/c1-11(14-2,10(13)15)7-8-4-3-5-9(12)6-8/h3-6,14H,7H2,1-2H3,(H2,13,15). The number of halogens is 1. The van der Waals surface area contributed by atoms with E-state index in [1.807, 2.05) is 0 Å². The number of amides is 1. The maximum Gasteiger partial charge on any atom is 0.237 e. The summed E-state index contributed by atoms with van der Waals surface area (Å²) in [6.07, 6.45) is 0.372. The first-order chi connectivity index (χ1) is 6.98. The van der Waals surface area contributed by atoms with Gasteiger partial charge >= 0.3 is 0 Å². The van der Waals surface area contributed by atoms with Gasteiger partial charge in [-0.15, -0.1) is 0 Å². The molecule has 0 spiro atoms. The molecule has 0 aliphatic heterocycles. The highest BCUT2D eigenvalue weighted by molar-refractivity contribution is 5.84. The van der Waals surface area contributed by atoms with E-state index in [2.05, 4.69) is 5.32 Å². The van der Waals surface area contributed by atoms with E-state index >= 15 is 0 Å². The highest BCUT2D eigenvalue weighted by Gasteiger charge is 2.29. The van der Waals surface area contributed by atoms with Crippen molar-refractivity contribution in [2.24, 2.45) is 5.73 Å². The van der Waals surface area contributed by atoms with Gasteiger partial charge in [-0.05, 0) is 38.1 Å². The SMILES string of the molecule is CNC(C)(Cc1cccc(F)c1)C(N)=O. The van der Waals surface area contributed by atoms with E-state index in [1.165, 1.54) is 12.1 Å². The Balaban J connectivity index is 2.89. The number of nitrogens with one attached hydrogen (secondary N) is 1. The summed E-state index contributed by atoms with van der Waals surface area (Å²) < 4.78 is 12.9. The Labute approximate surface area is 88.5 Å². The van der Waals surface area contributed by atoms with Crippen LogP contribution < -0.4 is 11.1 Å². The fourth-order valence-electron chi connectivity index (χ4n) is 1.35. The lowest BCUT2D eigenvalue weighted by Gasteiger charge is -2.25. The van der Waals surface area contributed by atoms with Gasteiger partial charge in [0.1, 0.15) is 5.82 Å². The van der Waals surface area contributed by atoms with Gasteiger partial charge in [0.25, 0.3) is 0 Å². The molecule has 0 saturated heterocycles. The van der Waals surface area contributed by atoms with Crippen LogP contribution in [-0.4, -0.2) is 18.5 Å². The number of rotatable bonds is 4. The predicted molar refractivity (Wildman–Crippen MR) is 56.8 cm³/mol. The Bertz CT molecular complexity index is 367. The minimum absolute atomic E-state index is 0.310. The average Bonchev–Trinajstić information content (AvgIpc) is 2.17. The lowest BCUT2D eigenvalue weighted by atomic mass is 9.92. The van der Waals surface area contributed by atoms with Crippen molar-refractivity contribution >= 4 is 5.91 Å². The third kappa shape index (κ3) is 2.76. The van der Waals surface area contributed by atoms with Crippen LogP contribution in [0.15, 0.2) is 24.3 Å². The molecule has 1 amide bonds. The summed E-state index contributed by atoms with van der Waals surface area (Å²) in [5.74, 6) is -0.760. The zero-order valence-electron chi connectivity index (χ0n) is 8.88. The molecule has 82 valence electrons. The van der Waals surface area contributed by atoms with E-state index in [1.54, 1.807) is 26.1 Å². The van der Waals surface area contributed by atoms with Gasteiger partial charge in [-0.2, -0.15) is 0 Å². The Hall–Kier alpha value is -1.42. The molecule has 1 aromatic rings. The molecule has 0 aliphatic carbocycles. The molecule has 0 fully saturated rings. The van der Waals surface area contributed by atoms with Crippen LogP contribution in [0.25, 0.3) is 0 Å². The minimum Gasteiger partial charge on any atom is -0.368 e. The van der Waals surface area contributed by atoms with Gasteiger partial charge in [-0.25, -0.2) is 4.39 Å². The second-order valence-electron chi connectivity index (χ2n) is 3.75. The normalized spacial score (nSPS) is 14.6. The van der Waals surface area contributed by atoms with Crippen LogP contribution in [0.1, 0.15) is 12.5 Å². The van der Waals surface area contributed by atoms with Crippen LogP contribution in [-0.2, 0) is 11.2 Å². The largest absolute Gasteiger partial charge is 0.368 e. The summed E-state index contributed by atoms with van der Waals surface area (Å²) in [6.45, 7) is 1.69. The summed E-state index contributed by atoms with van der Waals surface area (Å²) in [6, 6.07) is 6.15. The molecule has 15 heavy (non-hydrogen) atoms. The molecule has 3 N–H and O–H groups in total. The lowest BCUT2D eigenvalue weighted by molar-refractivity contribution is -0.123. The van der Waals surface area contributed by atoms with Crippen LogP contribution >= 0.6 is 0 Å². The van der Waals surface area contributed by atoms with Gasteiger partial charge in [0.2, 0.25) is 5.91 Å². The van der Waals surface area contributed by atoms with Gasteiger partial charge in [0, 0.05) is 0 Å². The van der Waals surface area contributed by atoms with Crippen LogP contribution in [0.5, 0.6) is 0 Å². The predicted octanol–water partition coefficient (Wildman–Crippen LogP) is 0.832. The number of primary amides is 1. The molecule has 0 aromatic heterocycles. The molecular formula is C11H15FN2O. The van der Waals surface area contributed by atoms with Crippen molar-refractivity contribution in [1.82, 2.24) is 5.32 Å². The smallest absolute Gasteiger partial charge is 0.237 e. The van der Waals surface area contributed by atoms with E-state index in [-0.39, 0.29) is 5.82 Å². The van der Waals surface area contributed by atoms with E-state index in [9.17, 15) is 9.18 Å². The lowest BCUT2D eigenvalue weighted by Crippen LogP contribution is -2.53. The molecule has 4 heteroatoms. The van der Waals surface area contributed by atoms with Crippen molar-refractivity contribution in [3.63, 3.8) is 0 Å². The molecular weight excluding hydrogens is 195 g/mol. The minimum atomic E-state index is -0.839. The highest BCUT2D eigenvalue weighted by Crippen LogP contribution is 2.13. The van der Waals surface area contributed by atoms with Crippen LogP contribution in [0.2, 0.25) is 0 Å². The maximum atomic E-state index is 12.9. The molecule has 1 rings (SSSR count). The second-order valence-corrected chi connectivity index (χ2v) is 3.75. The molecule has 0 aliphatic rings. The summed E-state index contributed by atoms with van der Waals surface area (Å²) >= 11 is 0. The van der Waals surface area contributed by atoms with Crippen LogP contribution in [0.4, 0.5) is 4.39 Å². The van der Waals surface area contributed by atoms with Gasteiger partial charge in [-0.3, -0.25) is 4.79 Å². The zero-order chi connectivity index (χ0) is 11.5. The first-order valence-corrected chi connectivity index (χ1v) is 4.71. The highest BCUT2D eigenvalue weighted by atomic mass is 19.1. The van der Waals surface area contributed by atoms with Crippen molar-refractivity contribution in [1.29, 1.82) is 0 Å². The van der Waals surface area contributed by atoms with E-state index < -0.39 is 11.4 Å². The van der Waals surface area contributed by atoms with E-state index in [0.29, 0.717) is 6.42 Å². The van der Waals surface area contributed by atoms with Crippen molar-refractivity contribution < 1.29 is 9.18 Å². The van der Waals surface area contributed by atoms with Crippen LogP contribution in [0, 0.1) is 5.82 Å². The fourth-order valence-corrected chi connectivity index (χ4v) is 1.35. The van der Waals surface area contributed by atoms with E-state index in [4.69, 9.17) is 5.73 Å². The Morgan fingerprint density at radius 2 is 2.27 bits per heavy atom. The maximum absolute atomic E-state index is 12.9. The summed E-state index contributed by atoms with van der Waals surface area (Å²) in [5, 5.41) is 2.85. The Morgan fingerprint density at radius 3 is 2.73 bits per heavy atom. The van der Waals surface area contributed by atoms with Gasteiger partial charge in [0.15, 0.2) is 0 Å². The summed E-state index contributed by atoms with van der Waals surface area (Å²) in [7, 11) is 1.66. The number of hydrogen-bond acceptors (Lipinski definition) is 2. The molecule has 1 aromatic carbocycles. The number of carbonyl (C=O) groups excluding carboxylic acids is 1. The van der Waals surface area contributed by atoms with Gasteiger partial charge in [0.05, 0.1) is 5.54 Å². The number of nitrogens with two attached hydrogens (primary N) is 1. The molecule has 0 saturated carbocycles. The van der Waals surface area contributed by atoms with E-state index in [0.717, 1.165) is 5.56 Å². The molecule has 1 atom stereocenters. The Morgan fingerprint density at radius 1 is 1.60 bits per heavy atom. The first kappa shape index (κ1) is 11.7. The third-order valence-electron chi connectivity index (χ3n) is 2.54. The molecule has 3 nitrogen and oxygen atoms in total. The van der Waals surface area contributed by atoms with Crippen molar-refractivity contribution in [2.75, 3.05) is 7.05 Å². The zero-order valence-corrected chi connectivity index (χ0v) is 8.88. The molecule has 0 heterocycles. The monoisotopic (exact) mass is 210 g/mol. The molecule has 0 bridgehead atoms. The number of likely N-dealkylation sites (N-methyl/N-ethyl adjacent to an activating group) is 1. The average molecular weight is 210 g/mol. The quantitative estimate of drug-likeness (QED) is 0.773. The van der Waals surface area contributed by atoms with Crippen molar-refractivity contribution in [2.45, 2.75) is 18.9 Å². The Kier molecular flexibility index (Phi) is 3.42. The summed E-state index contributed by atoms with van der Waals surface area (Å²) in [4.78, 5) is 11.2. The fraction of sp³-hybridized carbons (Fsp3) is 0.364. The van der Waals surface area contributed by atoms with Gasteiger partial charge in [-0.1, -0.05) is 12.1 Å². The first-order valence-electron chi connectivity index (χ1n) is 4.71. The second kappa shape index (κ2) is 4.40. The number of hydrogen-bond donors (Lipinski definition) is 2. The summed E-state index contributed by atoms with van der Waals surface area (Å²) in [5.41, 5.74) is 5.17. The van der Waals surface area contributed by atoms with Crippen molar-refractivity contribution in [3.05, 3.63) is 35.6 Å². The molecule has 1 unspecified atom stereocenters. The number of benzene rings is 1. The van der Waals surface area contributed by atoms with Crippen molar-refractivity contribution in [3.8, 4) is 0 Å². The number of carbonyl (C=O) groups is 1. The van der Waals surface area contributed by atoms with Crippen LogP contribution in [0.3, 0.4) is 0 Å². The topological polar surface area (TPSA) is 55.1 Å². The molecule has 0 radical (unpaired) electrons. The van der Waals surface area contributed by atoms with Gasteiger partial charge < -0.3 is 11.1 Å².